The Morgan fingerprint density at radius 1 is 1.15 bits per heavy atom. The highest BCUT2D eigenvalue weighted by Gasteiger charge is 2.31. The van der Waals surface area contributed by atoms with Crippen molar-refractivity contribution in [3.8, 4) is 5.75 Å². The maximum Gasteiger partial charge on any atom is 0.191 e. The van der Waals surface area contributed by atoms with Crippen molar-refractivity contribution in [3.05, 3.63) is 28.8 Å². The summed E-state index contributed by atoms with van der Waals surface area (Å²) in [6.45, 7) is 9.87. The molecular formula is C20H33IN4O. The number of halogens is 1. The molecule has 3 N–H and O–H groups in total. The van der Waals surface area contributed by atoms with E-state index in [1.165, 1.54) is 38.8 Å². The molecule has 0 spiro atoms. The van der Waals surface area contributed by atoms with E-state index in [2.05, 4.69) is 22.5 Å². The van der Waals surface area contributed by atoms with Crippen LogP contribution in [-0.2, 0) is 6.54 Å². The number of aromatic hydroxyl groups is 1. The van der Waals surface area contributed by atoms with Crippen molar-refractivity contribution in [2.24, 2.45) is 4.99 Å². The Balaban J connectivity index is 0.00000243. The van der Waals surface area contributed by atoms with Gasteiger partial charge in [-0.25, -0.2) is 4.99 Å². The second-order valence-electron chi connectivity index (χ2n) is 7.46. The molecule has 1 heterocycles. The fourth-order valence-corrected chi connectivity index (χ4v) is 3.67. The number of benzene rings is 1. The summed E-state index contributed by atoms with van der Waals surface area (Å²) in [5.41, 5.74) is 2.96. The summed E-state index contributed by atoms with van der Waals surface area (Å²) in [7, 11) is 0. The van der Waals surface area contributed by atoms with Crippen LogP contribution in [-0.4, -0.2) is 47.7 Å². The van der Waals surface area contributed by atoms with Crippen LogP contribution in [0.3, 0.4) is 0 Å². The second-order valence-corrected chi connectivity index (χ2v) is 7.46. The average Bonchev–Trinajstić information content (AvgIpc) is 3.43. The molecule has 0 radical (unpaired) electrons. The van der Waals surface area contributed by atoms with Crippen LogP contribution in [0.5, 0.6) is 5.75 Å². The fraction of sp³-hybridized carbons (Fsp3) is 0.650. The number of likely N-dealkylation sites (tertiary alicyclic amines) is 1. The molecule has 0 amide bonds. The van der Waals surface area contributed by atoms with Crippen LogP contribution in [0, 0.1) is 13.8 Å². The Labute approximate surface area is 174 Å². The van der Waals surface area contributed by atoms with Gasteiger partial charge in [0.15, 0.2) is 5.96 Å². The molecule has 5 nitrogen and oxygen atoms in total. The van der Waals surface area contributed by atoms with Crippen LogP contribution in [0.4, 0.5) is 0 Å². The Kier molecular flexibility index (Phi) is 8.01. The number of nitrogens with one attached hydrogen (secondary N) is 2. The first-order valence-electron chi connectivity index (χ1n) is 9.64. The first-order valence-corrected chi connectivity index (χ1v) is 9.64. The molecule has 0 aromatic heterocycles. The van der Waals surface area contributed by atoms with E-state index in [0.29, 0.717) is 18.3 Å². The van der Waals surface area contributed by atoms with Gasteiger partial charge in [-0.1, -0.05) is 12.1 Å². The molecule has 6 heteroatoms. The predicted octanol–water partition coefficient (Wildman–Crippen LogP) is 3.31. The quantitative estimate of drug-likeness (QED) is 0.350. The van der Waals surface area contributed by atoms with Gasteiger partial charge in [0, 0.05) is 31.7 Å². The molecule has 0 unspecified atom stereocenters. The van der Waals surface area contributed by atoms with Gasteiger partial charge in [0.25, 0.3) is 0 Å². The van der Waals surface area contributed by atoms with Crippen LogP contribution >= 0.6 is 24.0 Å². The zero-order valence-electron chi connectivity index (χ0n) is 16.2. The number of aliphatic imine (C=N–C) groups is 1. The molecule has 3 rings (SSSR count). The number of rotatable bonds is 5. The summed E-state index contributed by atoms with van der Waals surface area (Å²) in [6, 6.07) is 5.42. The van der Waals surface area contributed by atoms with Crippen LogP contribution in [0.15, 0.2) is 17.1 Å². The third kappa shape index (κ3) is 5.74. The van der Waals surface area contributed by atoms with Gasteiger partial charge >= 0.3 is 0 Å². The van der Waals surface area contributed by atoms with E-state index in [0.717, 1.165) is 35.2 Å². The SMILES string of the molecule is CCNC(=NCc1cc(C)c(O)c(C)c1)NC1CCN(C2CC2)CC1.I. The maximum absolute atomic E-state index is 9.91. The third-order valence-electron chi connectivity index (χ3n) is 5.25. The number of hydrogen-bond donors (Lipinski definition) is 3. The highest BCUT2D eigenvalue weighted by atomic mass is 127. The first-order chi connectivity index (χ1) is 12.1. The highest BCUT2D eigenvalue weighted by Crippen LogP contribution is 2.29. The summed E-state index contributed by atoms with van der Waals surface area (Å²) >= 11 is 0. The largest absolute Gasteiger partial charge is 0.507 e. The Bertz CT molecular complexity index is 599. The molecule has 1 aliphatic carbocycles. The lowest BCUT2D eigenvalue weighted by Crippen LogP contribution is -2.49. The number of aryl methyl sites for hydroxylation is 2. The van der Waals surface area contributed by atoms with Gasteiger partial charge in [-0.05, 0) is 63.1 Å². The smallest absolute Gasteiger partial charge is 0.191 e. The van der Waals surface area contributed by atoms with E-state index in [9.17, 15) is 5.11 Å². The molecule has 146 valence electrons. The summed E-state index contributed by atoms with van der Waals surface area (Å²) in [4.78, 5) is 7.40. The summed E-state index contributed by atoms with van der Waals surface area (Å²) in [5.74, 6) is 1.29. The lowest BCUT2D eigenvalue weighted by Gasteiger charge is -2.33. The molecule has 0 bridgehead atoms. The first kappa shape index (κ1) is 21.3. The van der Waals surface area contributed by atoms with Crippen molar-refractivity contribution in [3.63, 3.8) is 0 Å². The topological polar surface area (TPSA) is 59.9 Å². The van der Waals surface area contributed by atoms with E-state index in [1.54, 1.807) is 0 Å². The van der Waals surface area contributed by atoms with Gasteiger partial charge in [-0.15, -0.1) is 24.0 Å². The fourth-order valence-electron chi connectivity index (χ4n) is 3.67. The van der Waals surface area contributed by atoms with Crippen molar-refractivity contribution < 1.29 is 5.11 Å². The molecule has 1 saturated carbocycles. The summed E-state index contributed by atoms with van der Waals surface area (Å²) in [6.07, 6.45) is 5.18. The zero-order valence-corrected chi connectivity index (χ0v) is 18.5. The minimum absolute atomic E-state index is 0. The zero-order chi connectivity index (χ0) is 17.8. The van der Waals surface area contributed by atoms with Crippen molar-refractivity contribution in [1.29, 1.82) is 0 Å². The van der Waals surface area contributed by atoms with Crippen molar-refractivity contribution in [1.82, 2.24) is 15.5 Å². The average molecular weight is 472 g/mol. The van der Waals surface area contributed by atoms with Gasteiger partial charge in [-0.3, -0.25) is 0 Å². The summed E-state index contributed by atoms with van der Waals surface area (Å²) in [5, 5.41) is 16.9. The normalized spacial score (nSPS) is 19.1. The van der Waals surface area contributed by atoms with E-state index in [-0.39, 0.29) is 24.0 Å². The van der Waals surface area contributed by atoms with Gasteiger partial charge in [0.2, 0.25) is 0 Å². The van der Waals surface area contributed by atoms with Gasteiger partial charge < -0.3 is 20.6 Å². The molecule has 2 aliphatic rings. The maximum atomic E-state index is 9.91. The lowest BCUT2D eigenvalue weighted by atomic mass is 10.1. The van der Waals surface area contributed by atoms with Crippen molar-refractivity contribution in [2.45, 2.75) is 65.1 Å². The molecule has 1 saturated heterocycles. The van der Waals surface area contributed by atoms with E-state index in [4.69, 9.17) is 4.99 Å². The molecule has 26 heavy (non-hydrogen) atoms. The van der Waals surface area contributed by atoms with E-state index >= 15 is 0 Å². The third-order valence-corrected chi connectivity index (χ3v) is 5.25. The second kappa shape index (κ2) is 9.78. The van der Waals surface area contributed by atoms with E-state index < -0.39 is 0 Å². The molecular weight excluding hydrogens is 439 g/mol. The van der Waals surface area contributed by atoms with Crippen LogP contribution in [0.2, 0.25) is 0 Å². The number of phenols is 1. The predicted molar refractivity (Wildman–Crippen MR) is 119 cm³/mol. The molecule has 0 atom stereocenters. The lowest BCUT2D eigenvalue weighted by molar-refractivity contribution is 0.197. The number of phenolic OH excluding ortho intramolecular Hbond substituents is 1. The standard InChI is InChI=1S/C20H32N4O.HI/c1-4-21-20(22-13-16-11-14(2)19(25)15(3)12-16)23-17-7-9-24(10-8-17)18-5-6-18;/h11-12,17-18,25H,4-10,13H2,1-3H3,(H2,21,22,23);1H. The Morgan fingerprint density at radius 2 is 1.77 bits per heavy atom. The van der Waals surface area contributed by atoms with Crippen molar-refractivity contribution >= 4 is 29.9 Å². The van der Waals surface area contributed by atoms with Gasteiger partial charge in [0.05, 0.1) is 6.54 Å². The minimum Gasteiger partial charge on any atom is -0.507 e. The molecule has 2 fully saturated rings. The molecule has 1 aromatic carbocycles. The minimum atomic E-state index is 0. The highest BCUT2D eigenvalue weighted by molar-refractivity contribution is 14.0. The van der Waals surface area contributed by atoms with Gasteiger partial charge in [0.1, 0.15) is 5.75 Å². The van der Waals surface area contributed by atoms with Crippen LogP contribution < -0.4 is 10.6 Å². The molecule has 1 aromatic rings. The summed E-state index contributed by atoms with van der Waals surface area (Å²) < 4.78 is 0. The Morgan fingerprint density at radius 3 is 2.31 bits per heavy atom. The van der Waals surface area contributed by atoms with Gasteiger partial charge in [-0.2, -0.15) is 0 Å². The van der Waals surface area contributed by atoms with Crippen molar-refractivity contribution in [2.75, 3.05) is 19.6 Å². The van der Waals surface area contributed by atoms with E-state index in [1.807, 2.05) is 26.0 Å². The Hall–Kier alpha value is -1.02. The van der Waals surface area contributed by atoms with Crippen LogP contribution in [0.25, 0.3) is 0 Å². The monoisotopic (exact) mass is 472 g/mol. The number of nitrogens with zero attached hydrogens (tertiary/aromatic N) is 2. The number of hydrogen-bond acceptors (Lipinski definition) is 3. The number of piperidine rings is 1. The van der Waals surface area contributed by atoms with Crippen LogP contribution in [0.1, 0.15) is 49.3 Å². The molecule has 1 aliphatic heterocycles. The number of guanidine groups is 1.